The fraction of sp³-hybridized carbons (Fsp3) is 0.333. The molecule has 1 atom stereocenters. The molecule has 0 spiro atoms. The number of anilines is 1. The SMILES string of the molecule is Cc1cc(C)cc(NC(=O)[C@@H]2CCCN(C(=O)c3ccc(Cl)cc3)C2)c1. The van der Waals surface area contributed by atoms with Crippen LogP contribution in [0.25, 0.3) is 0 Å². The topological polar surface area (TPSA) is 49.4 Å². The van der Waals surface area contributed by atoms with E-state index in [0.29, 0.717) is 23.7 Å². The highest BCUT2D eigenvalue weighted by molar-refractivity contribution is 6.30. The second-order valence-electron chi connectivity index (χ2n) is 6.96. The summed E-state index contributed by atoms with van der Waals surface area (Å²) in [4.78, 5) is 27.1. The molecule has 1 saturated heterocycles. The van der Waals surface area contributed by atoms with E-state index in [9.17, 15) is 9.59 Å². The first-order valence-electron chi connectivity index (χ1n) is 8.86. The minimum atomic E-state index is -0.194. The van der Waals surface area contributed by atoms with E-state index in [1.54, 1.807) is 29.2 Å². The second kappa shape index (κ2) is 7.92. The van der Waals surface area contributed by atoms with Gasteiger partial charge >= 0.3 is 0 Å². The third-order valence-electron chi connectivity index (χ3n) is 4.66. The van der Waals surface area contributed by atoms with E-state index in [4.69, 9.17) is 11.6 Å². The van der Waals surface area contributed by atoms with Crippen molar-refractivity contribution in [1.82, 2.24) is 4.90 Å². The number of aryl methyl sites for hydroxylation is 2. The quantitative estimate of drug-likeness (QED) is 0.867. The van der Waals surface area contributed by atoms with Crippen molar-refractivity contribution in [2.24, 2.45) is 5.92 Å². The minimum Gasteiger partial charge on any atom is -0.338 e. The Morgan fingerprint density at radius 1 is 1.08 bits per heavy atom. The Hall–Kier alpha value is -2.33. The van der Waals surface area contributed by atoms with Crippen LogP contribution < -0.4 is 5.32 Å². The van der Waals surface area contributed by atoms with Crippen molar-refractivity contribution < 1.29 is 9.59 Å². The number of halogens is 1. The highest BCUT2D eigenvalue weighted by Crippen LogP contribution is 2.22. The fourth-order valence-corrected chi connectivity index (χ4v) is 3.57. The summed E-state index contributed by atoms with van der Waals surface area (Å²) in [5, 5.41) is 3.61. The molecule has 2 aromatic rings. The van der Waals surface area contributed by atoms with Crippen LogP contribution in [0.15, 0.2) is 42.5 Å². The standard InChI is InChI=1S/C21H23ClN2O2/c1-14-10-15(2)12-19(11-14)23-20(25)17-4-3-9-24(13-17)21(26)16-5-7-18(22)8-6-16/h5-8,10-12,17H,3-4,9,13H2,1-2H3,(H,23,25)/t17-/m1/s1. The highest BCUT2D eigenvalue weighted by atomic mass is 35.5. The van der Waals surface area contributed by atoms with E-state index in [0.717, 1.165) is 29.7 Å². The van der Waals surface area contributed by atoms with Gasteiger partial charge in [-0.15, -0.1) is 0 Å². The van der Waals surface area contributed by atoms with E-state index in [1.807, 2.05) is 26.0 Å². The van der Waals surface area contributed by atoms with Crippen LogP contribution in [0.2, 0.25) is 5.02 Å². The van der Waals surface area contributed by atoms with Gasteiger partial charge in [-0.1, -0.05) is 17.7 Å². The van der Waals surface area contributed by atoms with E-state index in [1.165, 1.54) is 0 Å². The minimum absolute atomic E-state index is 0.0244. The lowest BCUT2D eigenvalue weighted by Gasteiger charge is -2.32. The maximum Gasteiger partial charge on any atom is 0.253 e. The van der Waals surface area contributed by atoms with Crippen LogP contribution in [-0.2, 0) is 4.79 Å². The number of amides is 2. The highest BCUT2D eigenvalue weighted by Gasteiger charge is 2.29. The Balaban J connectivity index is 1.66. The number of nitrogens with one attached hydrogen (secondary N) is 1. The Kier molecular flexibility index (Phi) is 5.62. The van der Waals surface area contributed by atoms with E-state index in [2.05, 4.69) is 11.4 Å². The number of likely N-dealkylation sites (tertiary alicyclic amines) is 1. The predicted octanol–water partition coefficient (Wildman–Crippen LogP) is 4.45. The molecule has 2 amide bonds. The normalized spacial score (nSPS) is 17.0. The van der Waals surface area contributed by atoms with Crippen molar-refractivity contribution in [2.75, 3.05) is 18.4 Å². The average Bonchev–Trinajstić information content (AvgIpc) is 2.61. The van der Waals surface area contributed by atoms with Crippen LogP contribution >= 0.6 is 11.6 Å². The zero-order valence-corrected chi connectivity index (χ0v) is 15.8. The lowest BCUT2D eigenvalue weighted by Crippen LogP contribution is -2.43. The first-order chi connectivity index (χ1) is 12.4. The van der Waals surface area contributed by atoms with Gasteiger partial charge < -0.3 is 10.2 Å². The van der Waals surface area contributed by atoms with Gasteiger partial charge in [0.25, 0.3) is 5.91 Å². The monoisotopic (exact) mass is 370 g/mol. The van der Waals surface area contributed by atoms with Gasteiger partial charge in [-0.3, -0.25) is 9.59 Å². The molecule has 26 heavy (non-hydrogen) atoms. The summed E-state index contributed by atoms with van der Waals surface area (Å²) in [6.07, 6.45) is 1.62. The van der Waals surface area contributed by atoms with Gasteiger partial charge in [0.1, 0.15) is 0 Å². The third kappa shape index (κ3) is 4.44. The molecule has 0 unspecified atom stereocenters. The molecule has 0 saturated carbocycles. The summed E-state index contributed by atoms with van der Waals surface area (Å²) in [6, 6.07) is 12.9. The van der Waals surface area contributed by atoms with Crippen molar-refractivity contribution >= 4 is 29.1 Å². The van der Waals surface area contributed by atoms with Crippen molar-refractivity contribution in [3.63, 3.8) is 0 Å². The molecule has 0 aromatic heterocycles. The van der Waals surface area contributed by atoms with E-state index >= 15 is 0 Å². The Labute approximate surface area is 159 Å². The van der Waals surface area contributed by atoms with Gasteiger partial charge in [-0.2, -0.15) is 0 Å². The molecule has 1 heterocycles. The van der Waals surface area contributed by atoms with Crippen LogP contribution in [0.1, 0.15) is 34.3 Å². The number of benzene rings is 2. The molecule has 0 aliphatic carbocycles. The molecule has 0 bridgehead atoms. The Morgan fingerprint density at radius 2 is 1.73 bits per heavy atom. The van der Waals surface area contributed by atoms with Gasteiger partial charge in [0, 0.05) is 29.4 Å². The van der Waals surface area contributed by atoms with Gasteiger partial charge in [0.15, 0.2) is 0 Å². The smallest absolute Gasteiger partial charge is 0.253 e. The van der Waals surface area contributed by atoms with Crippen LogP contribution in [0.4, 0.5) is 5.69 Å². The first kappa shape index (κ1) is 18.5. The maximum atomic E-state index is 12.7. The second-order valence-corrected chi connectivity index (χ2v) is 7.40. The maximum absolute atomic E-state index is 12.7. The summed E-state index contributed by atoms with van der Waals surface area (Å²) in [5.74, 6) is -0.269. The predicted molar refractivity (Wildman–Crippen MR) is 105 cm³/mol. The largest absolute Gasteiger partial charge is 0.338 e. The van der Waals surface area contributed by atoms with Crippen molar-refractivity contribution in [3.05, 3.63) is 64.2 Å². The number of rotatable bonds is 3. The lowest BCUT2D eigenvalue weighted by atomic mass is 9.96. The summed E-state index contributed by atoms with van der Waals surface area (Å²) >= 11 is 5.89. The Bertz CT molecular complexity index is 797. The molecule has 2 aromatic carbocycles. The summed E-state index contributed by atoms with van der Waals surface area (Å²) in [5.41, 5.74) is 3.64. The number of hydrogen-bond donors (Lipinski definition) is 1. The summed E-state index contributed by atoms with van der Waals surface area (Å²) < 4.78 is 0. The molecule has 1 aliphatic rings. The van der Waals surface area contributed by atoms with Gasteiger partial charge in [-0.25, -0.2) is 0 Å². The van der Waals surface area contributed by atoms with Gasteiger partial charge in [-0.05, 0) is 74.2 Å². The number of nitrogens with zero attached hydrogens (tertiary/aromatic N) is 1. The molecular formula is C21H23ClN2O2. The third-order valence-corrected chi connectivity index (χ3v) is 4.91. The molecule has 1 aliphatic heterocycles. The zero-order chi connectivity index (χ0) is 18.7. The first-order valence-corrected chi connectivity index (χ1v) is 9.24. The zero-order valence-electron chi connectivity index (χ0n) is 15.1. The summed E-state index contributed by atoms with van der Waals surface area (Å²) in [6.45, 7) is 5.14. The van der Waals surface area contributed by atoms with Gasteiger partial charge in [0.2, 0.25) is 5.91 Å². The molecular weight excluding hydrogens is 348 g/mol. The average molecular weight is 371 g/mol. The summed E-state index contributed by atoms with van der Waals surface area (Å²) in [7, 11) is 0. The number of carbonyl (C=O) groups excluding carboxylic acids is 2. The van der Waals surface area contributed by atoms with Crippen molar-refractivity contribution in [3.8, 4) is 0 Å². The molecule has 4 nitrogen and oxygen atoms in total. The van der Waals surface area contributed by atoms with Crippen LogP contribution in [0.5, 0.6) is 0 Å². The van der Waals surface area contributed by atoms with Crippen LogP contribution in [0, 0.1) is 19.8 Å². The number of hydrogen-bond acceptors (Lipinski definition) is 2. The number of carbonyl (C=O) groups is 2. The van der Waals surface area contributed by atoms with Gasteiger partial charge in [0.05, 0.1) is 5.92 Å². The lowest BCUT2D eigenvalue weighted by molar-refractivity contribution is -0.121. The van der Waals surface area contributed by atoms with Crippen molar-refractivity contribution in [1.29, 1.82) is 0 Å². The molecule has 1 N–H and O–H groups in total. The van der Waals surface area contributed by atoms with E-state index in [-0.39, 0.29) is 17.7 Å². The fourth-order valence-electron chi connectivity index (χ4n) is 3.44. The molecule has 3 rings (SSSR count). The van der Waals surface area contributed by atoms with E-state index < -0.39 is 0 Å². The van der Waals surface area contributed by atoms with Crippen LogP contribution in [-0.4, -0.2) is 29.8 Å². The number of piperidine rings is 1. The molecule has 1 fully saturated rings. The molecule has 0 radical (unpaired) electrons. The Morgan fingerprint density at radius 3 is 2.38 bits per heavy atom. The van der Waals surface area contributed by atoms with Crippen LogP contribution in [0.3, 0.4) is 0 Å². The molecule has 136 valence electrons. The van der Waals surface area contributed by atoms with Crippen molar-refractivity contribution in [2.45, 2.75) is 26.7 Å². The molecule has 5 heteroatoms.